The zero-order valence-electron chi connectivity index (χ0n) is 15.2. The standard InChI is InChI=1S/C19H20N6O2S/c26-17-16(28-19(27)24-17)10-13-6-8-21-18(22-13)23-15-5-3-9-25(12-15)11-14-4-1-2-7-20-14/h1-2,4,6-8,10,15H,3,5,9,11-12H2,(H,21,22,23)(H,24,26,27). The Labute approximate surface area is 166 Å². The minimum absolute atomic E-state index is 0.242. The van der Waals surface area contributed by atoms with E-state index in [1.807, 2.05) is 24.4 Å². The van der Waals surface area contributed by atoms with Crippen LogP contribution < -0.4 is 10.6 Å². The van der Waals surface area contributed by atoms with Gasteiger partial charge >= 0.3 is 0 Å². The highest BCUT2D eigenvalue weighted by molar-refractivity contribution is 8.18. The fourth-order valence-electron chi connectivity index (χ4n) is 3.30. The van der Waals surface area contributed by atoms with Crippen LogP contribution >= 0.6 is 11.8 Å². The zero-order chi connectivity index (χ0) is 19.3. The van der Waals surface area contributed by atoms with E-state index in [4.69, 9.17) is 0 Å². The number of nitrogens with one attached hydrogen (secondary N) is 2. The van der Waals surface area contributed by atoms with Crippen LogP contribution in [0, 0.1) is 0 Å². The molecule has 28 heavy (non-hydrogen) atoms. The molecule has 0 bridgehead atoms. The molecule has 2 aliphatic heterocycles. The molecule has 0 aromatic carbocycles. The van der Waals surface area contributed by atoms with Gasteiger partial charge in [0.2, 0.25) is 5.95 Å². The number of imide groups is 1. The van der Waals surface area contributed by atoms with Gasteiger partial charge in [0.05, 0.1) is 16.3 Å². The molecule has 2 N–H and O–H groups in total. The van der Waals surface area contributed by atoms with Crippen molar-refractivity contribution in [3.63, 3.8) is 0 Å². The normalized spacial score (nSPS) is 21.7. The van der Waals surface area contributed by atoms with E-state index in [1.165, 1.54) is 0 Å². The van der Waals surface area contributed by atoms with Gasteiger partial charge in [0, 0.05) is 31.5 Å². The van der Waals surface area contributed by atoms with Gasteiger partial charge in [0.15, 0.2) is 0 Å². The average Bonchev–Trinajstić information content (AvgIpc) is 3.00. The van der Waals surface area contributed by atoms with Crippen LogP contribution in [0.5, 0.6) is 0 Å². The molecule has 0 aliphatic carbocycles. The Hall–Kier alpha value is -2.78. The van der Waals surface area contributed by atoms with Crippen LogP contribution in [-0.4, -0.2) is 50.1 Å². The third-order valence-electron chi connectivity index (χ3n) is 4.55. The summed E-state index contributed by atoms with van der Waals surface area (Å²) in [5.74, 6) is 0.134. The number of amides is 2. The number of thioether (sulfide) groups is 1. The van der Waals surface area contributed by atoms with Gasteiger partial charge in [-0.2, -0.15) is 0 Å². The second-order valence-electron chi connectivity index (χ2n) is 6.70. The molecule has 2 fully saturated rings. The van der Waals surface area contributed by atoms with Crippen LogP contribution in [0.2, 0.25) is 0 Å². The zero-order valence-corrected chi connectivity index (χ0v) is 16.0. The van der Waals surface area contributed by atoms with Gasteiger partial charge in [-0.15, -0.1) is 0 Å². The summed E-state index contributed by atoms with van der Waals surface area (Å²) in [5, 5.41) is 5.27. The number of anilines is 1. The molecule has 144 valence electrons. The minimum atomic E-state index is -0.388. The quantitative estimate of drug-likeness (QED) is 0.743. The van der Waals surface area contributed by atoms with Gasteiger partial charge in [0.1, 0.15) is 0 Å². The van der Waals surface area contributed by atoms with Gasteiger partial charge in [-0.05, 0) is 55.4 Å². The third kappa shape index (κ3) is 4.73. The first-order valence-corrected chi connectivity index (χ1v) is 9.94. The predicted molar refractivity (Wildman–Crippen MR) is 107 cm³/mol. The van der Waals surface area contributed by atoms with Crippen LogP contribution in [0.4, 0.5) is 10.7 Å². The van der Waals surface area contributed by atoms with Crippen LogP contribution in [0.15, 0.2) is 41.6 Å². The van der Waals surface area contributed by atoms with Gasteiger partial charge in [-0.25, -0.2) is 9.97 Å². The molecule has 0 spiro atoms. The molecular weight excluding hydrogens is 376 g/mol. The Kier molecular flexibility index (Phi) is 5.63. The van der Waals surface area contributed by atoms with E-state index in [9.17, 15) is 9.59 Å². The summed E-state index contributed by atoms with van der Waals surface area (Å²) in [4.78, 5) is 38.8. The molecule has 4 heterocycles. The van der Waals surface area contributed by atoms with E-state index in [2.05, 4.69) is 30.5 Å². The van der Waals surface area contributed by atoms with Crippen molar-refractivity contribution in [2.45, 2.75) is 25.4 Å². The van der Waals surface area contributed by atoms with Crippen molar-refractivity contribution < 1.29 is 9.59 Å². The van der Waals surface area contributed by atoms with Crippen molar-refractivity contribution in [3.05, 3.63) is 53.0 Å². The molecule has 0 saturated carbocycles. The van der Waals surface area contributed by atoms with E-state index in [0.717, 1.165) is 49.9 Å². The van der Waals surface area contributed by atoms with Crippen molar-refractivity contribution in [1.29, 1.82) is 0 Å². The first-order valence-electron chi connectivity index (χ1n) is 9.12. The van der Waals surface area contributed by atoms with E-state index in [0.29, 0.717) is 16.5 Å². The summed E-state index contributed by atoms with van der Waals surface area (Å²) in [6.45, 7) is 2.76. The molecule has 2 aromatic heterocycles. The lowest BCUT2D eigenvalue weighted by Gasteiger charge is -2.32. The van der Waals surface area contributed by atoms with Crippen molar-refractivity contribution in [2.75, 3.05) is 18.4 Å². The molecule has 2 aliphatic rings. The molecule has 8 nitrogen and oxygen atoms in total. The maximum absolute atomic E-state index is 11.7. The minimum Gasteiger partial charge on any atom is -0.350 e. The number of hydrogen-bond donors (Lipinski definition) is 2. The van der Waals surface area contributed by atoms with Crippen molar-refractivity contribution in [3.8, 4) is 0 Å². The van der Waals surface area contributed by atoms with Crippen LogP contribution in [0.3, 0.4) is 0 Å². The average molecular weight is 396 g/mol. The van der Waals surface area contributed by atoms with E-state index < -0.39 is 0 Å². The Morgan fingerprint density at radius 3 is 2.96 bits per heavy atom. The third-order valence-corrected chi connectivity index (χ3v) is 5.36. The SMILES string of the molecule is O=C1NC(=O)C(=Cc2ccnc(NC3CCCN(Cc4ccccn4)C3)n2)S1. The molecule has 1 unspecified atom stereocenters. The van der Waals surface area contributed by atoms with E-state index >= 15 is 0 Å². The molecule has 4 rings (SSSR count). The topological polar surface area (TPSA) is 100 Å². The fraction of sp³-hybridized carbons (Fsp3) is 0.316. The first kappa shape index (κ1) is 18.6. The van der Waals surface area contributed by atoms with Crippen LogP contribution in [0.1, 0.15) is 24.2 Å². The highest BCUT2D eigenvalue weighted by Crippen LogP contribution is 2.25. The second-order valence-corrected chi connectivity index (χ2v) is 7.71. The molecule has 2 saturated heterocycles. The molecule has 2 amide bonds. The lowest BCUT2D eigenvalue weighted by Crippen LogP contribution is -2.42. The number of aromatic nitrogens is 3. The highest BCUT2D eigenvalue weighted by atomic mass is 32.2. The molecule has 9 heteroatoms. The monoisotopic (exact) mass is 396 g/mol. The van der Waals surface area contributed by atoms with E-state index in [1.54, 1.807) is 18.3 Å². The highest BCUT2D eigenvalue weighted by Gasteiger charge is 2.25. The van der Waals surface area contributed by atoms with Crippen molar-refractivity contribution in [2.24, 2.45) is 0 Å². The fourth-order valence-corrected chi connectivity index (χ4v) is 3.97. The molecular formula is C19H20N6O2S. The summed E-state index contributed by atoms with van der Waals surface area (Å²) in [6.07, 6.45) is 7.20. The largest absolute Gasteiger partial charge is 0.350 e. The lowest BCUT2D eigenvalue weighted by molar-refractivity contribution is -0.115. The van der Waals surface area contributed by atoms with E-state index in [-0.39, 0.29) is 17.2 Å². The lowest BCUT2D eigenvalue weighted by atomic mass is 10.1. The molecule has 1 atom stereocenters. The number of hydrogen-bond acceptors (Lipinski definition) is 8. The number of likely N-dealkylation sites (tertiary alicyclic amines) is 1. The summed E-state index contributed by atoms with van der Waals surface area (Å²) in [5.41, 5.74) is 1.65. The van der Waals surface area contributed by atoms with Crippen molar-refractivity contribution >= 4 is 34.9 Å². The maximum atomic E-state index is 11.7. The summed E-state index contributed by atoms with van der Waals surface area (Å²) in [6, 6.07) is 7.92. The molecule has 2 aromatic rings. The van der Waals surface area contributed by atoms with Crippen LogP contribution in [-0.2, 0) is 11.3 Å². The van der Waals surface area contributed by atoms with Gasteiger partial charge in [-0.1, -0.05) is 6.07 Å². The number of rotatable bonds is 5. The summed E-state index contributed by atoms with van der Waals surface area (Å²) in [7, 11) is 0. The number of carbonyl (C=O) groups excluding carboxylic acids is 2. The number of piperidine rings is 1. The Morgan fingerprint density at radius 2 is 2.18 bits per heavy atom. The number of pyridine rings is 1. The van der Waals surface area contributed by atoms with Crippen molar-refractivity contribution in [1.82, 2.24) is 25.2 Å². The smallest absolute Gasteiger partial charge is 0.290 e. The Morgan fingerprint density at radius 1 is 1.25 bits per heavy atom. The second kappa shape index (κ2) is 8.49. The Balaban J connectivity index is 1.39. The number of nitrogens with zero attached hydrogens (tertiary/aromatic N) is 4. The van der Waals surface area contributed by atoms with Gasteiger partial charge < -0.3 is 5.32 Å². The van der Waals surface area contributed by atoms with Gasteiger partial charge in [0.25, 0.3) is 11.1 Å². The molecule has 0 radical (unpaired) electrons. The van der Waals surface area contributed by atoms with Gasteiger partial charge in [-0.3, -0.25) is 24.8 Å². The number of carbonyl (C=O) groups is 2. The van der Waals surface area contributed by atoms with Crippen LogP contribution in [0.25, 0.3) is 6.08 Å². The maximum Gasteiger partial charge on any atom is 0.290 e. The summed E-state index contributed by atoms with van der Waals surface area (Å²) >= 11 is 0.879. The Bertz CT molecular complexity index is 904. The summed E-state index contributed by atoms with van der Waals surface area (Å²) < 4.78 is 0. The first-order chi connectivity index (χ1) is 13.7. The predicted octanol–water partition coefficient (Wildman–Crippen LogP) is 2.27.